The molecule has 0 heterocycles. The van der Waals surface area contributed by atoms with Crippen molar-refractivity contribution in [3.05, 3.63) is 89.5 Å². The van der Waals surface area contributed by atoms with Gasteiger partial charge in [0.05, 0.1) is 18.6 Å². The van der Waals surface area contributed by atoms with E-state index < -0.39 is 39.8 Å². The van der Waals surface area contributed by atoms with Gasteiger partial charge in [-0.2, -0.15) is 4.31 Å². The van der Waals surface area contributed by atoms with Crippen molar-refractivity contribution < 1.29 is 26.7 Å². The minimum Gasteiger partial charge on any atom is -0.496 e. The molecule has 3 rings (SSSR count). The highest BCUT2D eigenvalue weighted by molar-refractivity contribution is 7.89. The Morgan fingerprint density at radius 2 is 1.67 bits per heavy atom. The van der Waals surface area contributed by atoms with Crippen LogP contribution >= 0.6 is 0 Å². The van der Waals surface area contributed by atoms with Crippen LogP contribution in [0.1, 0.15) is 11.1 Å². The Balaban J connectivity index is 1.88. The molecule has 0 fully saturated rings. The van der Waals surface area contributed by atoms with Crippen LogP contribution in [0.3, 0.4) is 0 Å². The Morgan fingerprint density at radius 3 is 2.27 bits per heavy atom. The number of halogens is 2. The molecule has 0 radical (unpaired) electrons. The number of hydrogen-bond donors (Lipinski definition) is 1. The molecular weight excluding hydrogens is 450 g/mol. The Bertz CT molecular complexity index is 1210. The van der Waals surface area contributed by atoms with Crippen LogP contribution in [0.15, 0.2) is 71.6 Å². The number of carbonyl (C=O) groups excluding carboxylic acids is 1. The molecule has 6 nitrogen and oxygen atoms in total. The number of methoxy groups -OCH3 is 1. The SMILES string of the molecule is COc1ccc(S(=O)(=O)N(CCc2ccccc2)CC(=O)Nc2c(F)cccc2F)cc1C. The van der Waals surface area contributed by atoms with Gasteiger partial charge < -0.3 is 10.1 Å². The van der Waals surface area contributed by atoms with Gasteiger partial charge in [-0.3, -0.25) is 4.79 Å². The summed E-state index contributed by atoms with van der Waals surface area (Å²) in [5.74, 6) is -2.24. The quantitative estimate of drug-likeness (QED) is 0.506. The summed E-state index contributed by atoms with van der Waals surface area (Å²) in [6.45, 7) is 1.08. The van der Waals surface area contributed by atoms with Crippen LogP contribution in [0, 0.1) is 18.6 Å². The molecular formula is C24H24F2N2O4S. The highest BCUT2D eigenvalue weighted by Gasteiger charge is 2.28. The smallest absolute Gasteiger partial charge is 0.243 e. The van der Waals surface area contributed by atoms with Crippen molar-refractivity contribution in [2.24, 2.45) is 0 Å². The van der Waals surface area contributed by atoms with E-state index >= 15 is 0 Å². The first kappa shape index (κ1) is 24.3. The fraction of sp³-hybridized carbons (Fsp3) is 0.208. The van der Waals surface area contributed by atoms with E-state index in [2.05, 4.69) is 5.32 Å². The van der Waals surface area contributed by atoms with E-state index in [1.165, 1.54) is 31.4 Å². The van der Waals surface area contributed by atoms with Crippen molar-refractivity contribution in [3.63, 3.8) is 0 Å². The second kappa shape index (κ2) is 10.5. The average Bonchev–Trinajstić information content (AvgIpc) is 2.79. The van der Waals surface area contributed by atoms with Crippen LogP contribution in [-0.4, -0.2) is 38.8 Å². The molecule has 0 saturated carbocycles. The van der Waals surface area contributed by atoms with E-state index in [0.29, 0.717) is 17.7 Å². The predicted octanol–water partition coefficient (Wildman–Crippen LogP) is 4.15. The first-order valence-corrected chi connectivity index (χ1v) is 11.6. The number of sulfonamides is 1. The largest absolute Gasteiger partial charge is 0.496 e. The molecule has 3 aromatic carbocycles. The lowest BCUT2D eigenvalue weighted by atomic mass is 10.1. The molecule has 9 heteroatoms. The second-order valence-electron chi connectivity index (χ2n) is 7.35. The normalized spacial score (nSPS) is 11.4. The summed E-state index contributed by atoms with van der Waals surface area (Å²) < 4.78 is 60.8. The van der Waals surface area contributed by atoms with Gasteiger partial charge >= 0.3 is 0 Å². The van der Waals surface area contributed by atoms with E-state index in [1.54, 1.807) is 6.92 Å². The first-order valence-electron chi connectivity index (χ1n) is 10.1. The van der Waals surface area contributed by atoms with Crippen LogP contribution < -0.4 is 10.1 Å². The fourth-order valence-corrected chi connectivity index (χ4v) is 4.78. The van der Waals surface area contributed by atoms with E-state index in [9.17, 15) is 22.0 Å². The summed E-state index contributed by atoms with van der Waals surface area (Å²) in [5, 5.41) is 2.15. The monoisotopic (exact) mass is 474 g/mol. The molecule has 174 valence electrons. The molecule has 0 bridgehead atoms. The van der Waals surface area contributed by atoms with Gasteiger partial charge in [0, 0.05) is 6.54 Å². The summed E-state index contributed by atoms with van der Waals surface area (Å²) in [6.07, 6.45) is 0.344. The molecule has 0 aliphatic carbocycles. The van der Waals surface area contributed by atoms with Crippen molar-refractivity contribution in [2.45, 2.75) is 18.2 Å². The summed E-state index contributed by atoms with van der Waals surface area (Å²) >= 11 is 0. The van der Waals surface area contributed by atoms with Crippen molar-refractivity contribution in [3.8, 4) is 5.75 Å². The van der Waals surface area contributed by atoms with Gasteiger partial charge in [0.1, 0.15) is 23.1 Å². The van der Waals surface area contributed by atoms with E-state index in [1.807, 2.05) is 30.3 Å². The van der Waals surface area contributed by atoms with Crippen LogP contribution in [0.2, 0.25) is 0 Å². The number of nitrogens with one attached hydrogen (secondary N) is 1. The second-order valence-corrected chi connectivity index (χ2v) is 9.29. The maximum Gasteiger partial charge on any atom is 0.243 e. The molecule has 0 saturated heterocycles. The van der Waals surface area contributed by atoms with Gasteiger partial charge in [-0.1, -0.05) is 36.4 Å². The highest BCUT2D eigenvalue weighted by atomic mass is 32.2. The number of anilines is 1. The molecule has 3 aromatic rings. The summed E-state index contributed by atoms with van der Waals surface area (Å²) in [5.41, 5.74) is 0.867. The number of rotatable bonds is 9. The molecule has 0 unspecified atom stereocenters. The maximum atomic E-state index is 13.9. The van der Waals surface area contributed by atoms with Gasteiger partial charge in [0.25, 0.3) is 0 Å². The number of ether oxygens (including phenoxy) is 1. The zero-order chi connectivity index (χ0) is 24.0. The zero-order valence-corrected chi connectivity index (χ0v) is 19.0. The van der Waals surface area contributed by atoms with E-state index in [-0.39, 0.29) is 11.4 Å². The third-order valence-electron chi connectivity index (χ3n) is 5.04. The predicted molar refractivity (Wildman–Crippen MR) is 122 cm³/mol. The van der Waals surface area contributed by atoms with E-state index in [0.717, 1.165) is 22.0 Å². The zero-order valence-electron chi connectivity index (χ0n) is 18.2. The fourth-order valence-electron chi connectivity index (χ4n) is 3.30. The van der Waals surface area contributed by atoms with E-state index in [4.69, 9.17) is 4.74 Å². The average molecular weight is 475 g/mol. The number of para-hydroxylation sites is 1. The van der Waals surface area contributed by atoms with Gasteiger partial charge in [-0.05, 0) is 54.8 Å². The molecule has 0 aliphatic rings. The number of aryl methyl sites for hydroxylation is 1. The Kier molecular flexibility index (Phi) is 7.78. The van der Waals surface area contributed by atoms with Gasteiger partial charge in [0.15, 0.2) is 0 Å². The van der Waals surface area contributed by atoms with Gasteiger partial charge in [0.2, 0.25) is 15.9 Å². The van der Waals surface area contributed by atoms with Crippen LogP contribution in [-0.2, 0) is 21.2 Å². The van der Waals surface area contributed by atoms with Crippen molar-refractivity contribution in [2.75, 3.05) is 25.5 Å². The third kappa shape index (κ3) is 5.94. The van der Waals surface area contributed by atoms with Crippen molar-refractivity contribution in [1.82, 2.24) is 4.31 Å². The van der Waals surface area contributed by atoms with Gasteiger partial charge in [-0.15, -0.1) is 0 Å². The molecule has 0 aromatic heterocycles. The molecule has 0 spiro atoms. The molecule has 33 heavy (non-hydrogen) atoms. The lowest BCUT2D eigenvalue weighted by molar-refractivity contribution is -0.116. The number of benzene rings is 3. The third-order valence-corrected chi connectivity index (χ3v) is 6.89. The lowest BCUT2D eigenvalue weighted by Gasteiger charge is -2.22. The first-order chi connectivity index (χ1) is 15.7. The Morgan fingerprint density at radius 1 is 1.00 bits per heavy atom. The Hall–Kier alpha value is -3.30. The topological polar surface area (TPSA) is 75.7 Å². The number of hydrogen-bond acceptors (Lipinski definition) is 4. The molecule has 1 amide bonds. The lowest BCUT2D eigenvalue weighted by Crippen LogP contribution is -2.39. The van der Waals surface area contributed by atoms with Crippen LogP contribution in [0.25, 0.3) is 0 Å². The minimum atomic E-state index is -4.10. The summed E-state index contributed by atoms with van der Waals surface area (Å²) in [4.78, 5) is 12.6. The highest BCUT2D eigenvalue weighted by Crippen LogP contribution is 2.24. The maximum absolute atomic E-state index is 13.9. The van der Waals surface area contributed by atoms with Crippen molar-refractivity contribution in [1.29, 1.82) is 0 Å². The molecule has 1 N–H and O–H groups in total. The number of amides is 1. The van der Waals surface area contributed by atoms with Crippen LogP contribution in [0.4, 0.5) is 14.5 Å². The van der Waals surface area contributed by atoms with Gasteiger partial charge in [-0.25, -0.2) is 17.2 Å². The van der Waals surface area contributed by atoms with Crippen molar-refractivity contribution >= 4 is 21.6 Å². The standard InChI is InChI=1S/C24H24F2N2O4S/c1-17-15-19(11-12-22(17)32-2)33(30,31)28(14-13-18-7-4-3-5-8-18)16-23(29)27-24-20(25)9-6-10-21(24)26/h3-12,15H,13-14,16H2,1-2H3,(H,27,29). The molecule has 0 atom stereocenters. The number of carbonyl (C=O) groups is 1. The number of nitrogens with zero attached hydrogens (tertiary/aromatic N) is 1. The summed E-state index contributed by atoms with van der Waals surface area (Å²) in [6, 6.07) is 16.7. The molecule has 0 aliphatic heterocycles. The minimum absolute atomic E-state index is 0.00933. The Labute approximate surface area is 191 Å². The van der Waals surface area contributed by atoms with Crippen LogP contribution in [0.5, 0.6) is 5.75 Å². The summed E-state index contributed by atoms with van der Waals surface area (Å²) in [7, 11) is -2.62.